The molecule has 0 heterocycles. The summed E-state index contributed by atoms with van der Waals surface area (Å²) in [4.78, 5) is 0. The third-order valence-corrected chi connectivity index (χ3v) is 2.13. The fraction of sp³-hybridized carbons (Fsp3) is 0.333. The zero-order valence-electron chi connectivity index (χ0n) is 7.38. The molecule has 1 aromatic carbocycles. The topological polar surface area (TPSA) is 29.5 Å². The van der Waals surface area contributed by atoms with E-state index in [4.69, 9.17) is 0 Å². The zero-order chi connectivity index (χ0) is 10.7. The van der Waals surface area contributed by atoms with E-state index in [1.54, 1.807) is 12.1 Å². The van der Waals surface area contributed by atoms with Crippen molar-refractivity contribution in [1.82, 2.24) is 0 Å². The Hall–Kier alpha value is -0.680. The molecule has 0 fully saturated rings. The summed E-state index contributed by atoms with van der Waals surface area (Å²) < 4.78 is 28.8. The van der Waals surface area contributed by atoms with Crippen molar-refractivity contribution in [2.75, 3.05) is 0 Å². The molecule has 78 valence electrons. The van der Waals surface area contributed by atoms with Crippen molar-refractivity contribution in [3.05, 3.63) is 28.2 Å². The highest BCUT2D eigenvalue weighted by Gasteiger charge is 2.13. The molecule has 0 aliphatic carbocycles. The van der Waals surface area contributed by atoms with Gasteiger partial charge in [-0.2, -0.15) is 8.78 Å². The average Bonchev–Trinajstić information content (AvgIpc) is 2.07. The molecule has 14 heavy (non-hydrogen) atoms. The third kappa shape index (κ3) is 2.92. The smallest absolute Gasteiger partial charge is 0.387 e. The standard InChI is InChI=1S/C9H9BrF2O2/c1-5(13)7-4-6(10)2-3-8(7)14-9(11)12/h2-5,9,13H,1H3/t5-/m1/s1. The van der Waals surface area contributed by atoms with E-state index in [-0.39, 0.29) is 5.75 Å². The van der Waals surface area contributed by atoms with Gasteiger partial charge in [-0.25, -0.2) is 0 Å². The maximum absolute atomic E-state index is 11.9. The predicted octanol–water partition coefficient (Wildman–Crippen LogP) is 3.10. The highest BCUT2D eigenvalue weighted by Crippen LogP contribution is 2.29. The number of aliphatic hydroxyl groups excluding tert-OH is 1. The lowest BCUT2D eigenvalue weighted by Crippen LogP contribution is -2.05. The van der Waals surface area contributed by atoms with Crippen LogP contribution in [0.5, 0.6) is 5.75 Å². The first-order valence-electron chi connectivity index (χ1n) is 3.93. The van der Waals surface area contributed by atoms with E-state index in [2.05, 4.69) is 20.7 Å². The molecular weight excluding hydrogens is 258 g/mol. The van der Waals surface area contributed by atoms with E-state index in [0.29, 0.717) is 10.0 Å². The van der Waals surface area contributed by atoms with Gasteiger partial charge < -0.3 is 9.84 Å². The summed E-state index contributed by atoms with van der Waals surface area (Å²) in [6.45, 7) is -1.39. The van der Waals surface area contributed by atoms with Crippen LogP contribution in [-0.4, -0.2) is 11.7 Å². The van der Waals surface area contributed by atoms with Gasteiger partial charge in [-0.15, -0.1) is 0 Å². The lowest BCUT2D eigenvalue weighted by atomic mass is 10.1. The summed E-state index contributed by atoms with van der Waals surface area (Å²) in [6, 6.07) is 4.50. The van der Waals surface area contributed by atoms with E-state index in [1.165, 1.54) is 13.0 Å². The van der Waals surface area contributed by atoms with E-state index in [9.17, 15) is 13.9 Å². The number of rotatable bonds is 3. The quantitative estimate of drug-likeness (QED) is 0.911. The molecule has 0 aliphatic heterocycles. The molecule has 2 nitrogen and oxygen atoms in total. The molecule has 1 atom stereocenters. The van der Waals surface area contributed by atoms with Crippen LogP contribution in [0.25, 0.3) is 0 Å². The van der Waals surface area contributed by atoms with E-state index < -0.39 is 12.7 Å². The normalized spacial score (nSPS) is 13.0. The molecule has 0 spiro atoms. The number of ether oxygens (including phenoxy) is 1. The van der Waals surface area contributed by atoms with Gasteiger partial charge in [0.2, 0.25) is 0 Å². The van der Waals surface area contributed by atoms with E-state index in [1.807, 2.05) is 0 Å². The number of alkyl halides is 2. The Morgan fingerprint density at radius 1 is 1.43 bits per heavy atom. The molecule has 1 aromatic rings. The number of benzene rings is 1. The van der Waals surface area contributed by atoms with Crippen molar-refractivity contribution >= 4 is 15.9 Å². The van der Waals surface area contributed by atoms with Gasteiger partial charge in [-0.3, -0.25) is 0 Å². The van der Waals surface area contributed by atoms with Crippen molar-refractivity contribution in [3.8, 4) is 5.75 Å². The van der Waals surface area contributed by atoms with Crippen molar-refractivity contribution in [2.24, 2.45) is 0 Å². The number of aliphatic hydroxyl groups is 1. The Balaban J connectivity index is 3.02. The molecule has 1 N–H and O–H groups in total. The number of hydrogen-bond acceptors (Lipinski definition) is 2. The fourth-order valence-corrected chi connectivity index (χ4v) is 1.43. The zero-order valence-corrected chi connectivity index (χ0v) is 8.96. The van der Waals surface area contributed by atoms with E-state index in [0.717, 1.165) is 0 Å². The molecule has 0 saturated carbocycles. The maximum atomic E-state index is 11.9. The SMILES string of the molecule is C[C@@H](O)c1cc(Br)ccc1OC(F)F. The van der Waals surface area contributed by atoms with E-state index >= 15 is 0 Å². The Bertz CT molecular complexity index is 316. The van der Waals surface area contributed by atoms with Crippen molar-refractivity contribution in [3.63, 3.8) is 0 Å². The summed E-state index contributed by atoms with van der Waals surface area (Å²) in [7, 11) is 0. The summed E-state index contributed by atoms with van der Waals surface area (Å²) in [5, 5.41) is 9.30. The molecule has 0 saturated heterocycles. The van der Waals surface area contributed by atoms with Crippen LogP contribution >= 0.6 is 15.9 Å². The van der Waals surface area contributed by atoms with Gasteiger partial charge in [0.1, 0.15) is 5.75 Å². The molecule has 0 bridgehead atoms. The summed E-state index contributed by atoms with van der Waals surface area (Å²) >= 11 is 3.18. The van der Waals surface area contributed by atoms with Crippen LogP contribution in [0, 0.1) is 0 Å². The molecule has 0 unspecified atom stereocenters. The minimum atomic E-state index is -2.88. The maximum Gasteiger partial charge on any atom is 0.387 e. The van der Waals surface area contributed by atoms with Gasteiger partial charge >= 0.3 is 6.61 Å². The second kappa shape index (κ2) is 4.70. The van der Waals surface area contributed by atoms with Gasteiger partial charge in [-0.05, 0) is 25.1 Å². The molecular formula is C9H9BrF2O2. The largest absolute Gasteiger partial charge is 0.434 e. The highest BCUT2D eigenvalue weighted by molar-refractivity contribution is 9.10. The van der Waals surface area contributed by atoms with Crippen LogP contribution in [0.2, 0.25) is 0 Å². The van der Waals surface area contributed by atoms with Crippen LogP contribution in [0.3, 0.4) is 0 Å². The summed E-state index contributed by atoms with van der Waals surface area (Å²) in [6.07, 6.45) is -0.846. The minimum absolute atomic E-state index is 0.00167. The van der Waals surface area contributed by atoms with Gasteiger partial charge in [0.15, 0.2) is 0 Å². The first kappa shape index (κ1) is 11.4. The van der Waals surface area contributed by atoms with Crippen LogP contribution in [0.15, 0.2) is 22.7 Å². The van der Waals surface area contributed by atoms with Crippen molar-refractivity contribution < 1.29 is 18.6 Å². The van der Waals surface area contributed by atoms with Gasteiger partial charge in [0.05, 0.1) is 6.10 Å². The van der Waals surface area contributed by atoms with Crippen LogP contribution in [-0.2, 0) is 0 Å². The van der Waals surface area contributed by atoms with Crippen LogP contribution in [0.4, 0.5) is 8.78 Å². The summed E-state index contributed by atoms with van der Waals surface area (Å²) in [5.74, 6) is -0.00167. The average molecular weight is 267 g/mol. The Kier molecular flexibility index (Phi) is 3.83. The second-order valence-corrected chi connectivity index (χ2v) is 3.65. The van der Waals surface area contributed by atoms with Crippen LogP contribution < -0.4 is 4.74 Å². The van der Waals surface area contributed by atoms with Gasteiger partial charge in [-0.1, -0.05) is 15.9 Å². The fourth-order valence-electron chi connectivity index (χ4n) is 1.05. The van der Waals surface area contributed by atoms with Crippen LogP contribution in [0.1, 0.15) is 18.6 Å². The molecule has 0 amide bonds. The molecule has 5 heteroatoms. The molecule has 0 aliphatic rings. The Morgan fingerprint density at radius 2 is 2.07 bits per heavy atom. The van der Waals surface area contributed by atoms with Gasteiger partial charge in [0.25, 0.3) is 0 Å². The Labute approximate surface area is 88.6 Å². The molecule has 0 radical (unpaired) electrons. The Morgan fingerprint density at radius 3 is 2.57 bits per heavy atom. The summed E-state index contributed by atoms with van der Waals surface area (Å²) in [5.41, 5.74) is 0.333. The van der Waals surface area contributed by atoms with Gasteiger partial charge in [0, 0.05) is 10.0 Å². The first-order chi connectivity index (χ1) is 6.50. The lowest BCUT2D eigenvalue weighted by Gasteiger charge is -2.12. The third-order valence-electron chi connectivity index (χ3n) is 1.64. The molecule has 0 aromatic heterocycles. The number of hydrogen-bond donors (Lipinski definition) is 1. The van der Waals surface area contributed by atoms with Crippen molar-refractivity contribution in [1.29, 1.82) is 0 Å². The molecule has 1 rings (SSSR count). The lowest BCUT2D eigenvalue weighted by molar-refractivity contribution is -0.0514. The highest BCUT2D eigenvalue weighted by atomic mass is 79.9. The number of halogens is 3. The predicted molar refractivity (Wildman–Crippen MR) is 51.4 cm³/mol. The van der Waals surface area contributed by atoms with Crippen molar-refractivity contribution in [2.45, 2.75) is 19.6 Å². The second-order valence-electron chi connectivity index (χ2n) is 2.74. The first-order valence-corrected chi connectivity index (χ1v) is 4.72. The minimum Gasteiger partial charge on any atom is -0.434 e. The monoisotopic (exact) mass is 266 g/mol.